The van der Waals surface area contributed by atoms with Gasteiger partial charge in [-0.3, -0.25) is 0 Å². The Kier molecular flexibility index (Phi) is 6.39. The fourth-order valence-corrected chi connectivity index (χ4v) is 3.62. The van der Waals surface area contributed by atoms with E-state index in [2.05, 4.69) is 56.3 Å². The molecule has 0 aliphatic carbocycles. The van der Waals surface area contributed by atoms with Gasteiger partial charge in [0.2, 0.25) is 0 Å². The highest BCUT2D eigenvalue weighted by molar-refractivity contribution is 5.63. The van der Waals surface area contributed by atoms with Gasteiger partial charge in [-0.1, -0.05) is 32.0 Å². The molecule has 4 rings (SSSR count). The number of para-hydroxylation sites is 1. The topological polar surface area (TPSA) is 90.6 Å². The molecule has 0 saturated heterocycles. The molecule has 0 fully saturated rings. The zero-order valence-electron chi connectivity index (χ0n) is 18.7. The Morgan fingerprint density at radius 3 is 2.62 bits per heavy atom. The Morgan fingerprint density at radius 2 is 1.84 bits per heavy atom. The van der Waals surface area contributed by atoms with Crippen molar-refractivity contribution in [2.45, 2.75) is 26.7 Å². The van der Waals surface area contributed by atoms with Gasteiger partial charge in [-0.15, -0.1) is 0 Å². The second-order valence-corrected chi connectivity index (χ2v) is 7.80. The van der Waals surface area contributed by atoms with Gasteiger partial charge in [0.1, 0.15) is 30.0 Å². The van der Waals surface area contributed by atoms with Crippen LogP contribution in [0.2, 0.25) is 0 Å². The summed E-state index contributed by atoms with van der Waals surface area (Å²) in [4.78, 5) is 17.4. The Hall–Kier alpha value is -3.81. The molecule has 0 radical (unpaired) electrons. The average Bonchev–Trinajstić information content (AvgIpc) is 3.28. The van der Waals surface area contributed by atoms with Gasteiger partial charge in [0.25, 0.3) is 0 Å². The monoisotopic (exact) mass is 429 g/mol. The van der Waals surface area contributed by atoms with E-state index in [0.29, 0.717) is 17.7 Å². The van der Waals surface area contributed by atoms with E-state index in [1.807, 2.05) is 37.3 Å². The van der Waals surface area contributed by atoms with Crippen LogP contribution in [0.3, 0.4) is 0 Å². The Bertz CT molecular complexity index is 1190. The molecule has 1 N–H and O–H groups in total. The van der Waals surface area contributed by atoms with Gasteiger partial charge < -0.3 is 10.1 Å². The van der Waals surface area contributed by atoms with Crippen LogP contribution >= 0.6 is 0 Å². The average molecular weight is 430 g/mol. The smallest absolute Gasteiger partial charge is 0.156 e. The number of hydrogen-bond donors (Lipinski definition) is 1. The third kappa shape index (κ3) is 4.59. The molecular weight excluding hydrogens is 402 g/mol. The molecule has 4 aromatic rings. The number of nitrogens with zero attached hydrogens (tertiary/aromatic N) is 6. The summed E-state index contributed by atoms with van der Waals surface area (Å²) in [6.07, 6.45) is 4.84. The molecule has 3 heterocycles. The zero-order valence-corrected chi connectivity index (χ0v) is 18.7. The Labute approximate surface area is 187 Å². The van der Waals surface area contributed by atoms with E-state index in [1.54, 1.807) is 24.3 Å². The molecule has 0 amide bonds. The first-order chi connectivity index (χ1) is 15.6. The molecule has 8 nitrogen and oxygen atoms in total. The van der Waals surface area contributed by atoms with Crippen LogP contribution in [0.5, 0.6) is 5.75 Å². The lowest BCUT2D eigenvalue weighted by molar-refractivity contribution is 0.397. The highest BCUT2D eigenvalue weighted by Crippen LogP contribution is 2.31. The number of anilines is 1. The quantitative estimate of drug-likeness (QED) is 0.447. The molecule has 2 atom stereocenters. The van der Waals surface area contributed by atoms with E-state index >= 15 is 0 Å². The van der Waals surface area contributed by atoms with Crippen molar-refractivity contribution in [3.05, 3.63) is 72.7 Å². The second-order valence-electron chi connectivity index (χ2n) is 7.80. The van der Waals surface area contributed by atoms with Crippen molar-refractivity contribution in [2.75, 3.05) is 19.0 Å². The highest BCUT2D eigenvalue weighted by atomic mass is 16.5. The molecular formula is C24H27N7O. The summed E-state index contributed by atoms with van der Waals surface area (Å²) in [5, 5.41) is 7.69. The zero-order chi connectivity index (χ0) is 22.5. The van der Waals surface area contributed by atoms with Crippen LogP contribution in [-0.2, 0) is 0 Å². The molecule has 0 aliphatic heterocycles. The largest absolute Gasteiger partial charge is 0.496 e. The molecule has 0 spiro atoms. The molecule has 2 unspecified atom stereocenters. The maximum atomic E-state index is 5.53. The van der Waals surface area contributed by atoms with Gasteiger partial charge in [-0.25, -0.2) is 19.9 Å². The number of ether oxygens (including phenoxy) is 1. The number of hydrogen-bond acceptors (Lipinski definition) is 7. The van der Waals surface area contributed by atoms with Gasteiger partial charge in [0.05, 0.1) is 12.8 Å². The summed E-state index contributed by atoms with van der Waals surface area (Å²) in [5.74, 6) is 3.88. The number of pyridine rings is 1. The molecule has 32 heavy (non-hydrogen) atoms. The maximum absolute atomic E-state index is 5.53. The fourth-order valence-electron chi connectivity index (χ4n) is 3.62. The molecule has 1 aromatic carbocycles. The van der Waals surface area contributed by atoms with E-state index in [4.69, 9.17) is 4.74 Å². The minimum Gasteiger partial charge on any atom is -0.496 e. The first-order valence-corrected chi connectivity index (χ1v) is 10.6. The van der Waals surface area contributed by atoms with Crippen molar-refractivity contribution in [1.29, 1.82) is 0 Å². The van der Waals surface area contributed by atoms with Gasteiger partial charge in [-0.05, 0) is 42.5 Å². The standard InChI is InChI=1S/C24H27N7O/c1-16(17(2)20-7-5-6-8-22(20)32-4)13-26-23-12-21(28-14-29-23)19-9-10-25-24(11-19)31-18(3)27-15-30-31/h5-12,14-17H,13H2,1-4H3,(H,26,28,29). The van der Waals surface area contributed by atoms with Crippen LogP contribution in [0.15, 0.2) is 61.3 Å². The number of benzene rings is 1. The van der Waals surface area contributed by atoms with E-state index in [0.717, 1.165) is 35.2 Å². The molecule has 0 aliphatic rings. The highest BCUT2D eigenvalue weighted by Gasteiger charge is 2.18. The molecule has 3 aromatic heterocycles. The van der Waals surface area contributed by atoms with E-state index in [-0.39, 0.29) is 0 Å². The van der Waals surface area contributed by atoms with Crippen molar-refractivity contribution in [3.63, 3.8) is 0 Å². The summed E-state index contributed by atoms with van der Waals surface area (Å²) in [5.41, 5.74) is 2.96. The first-order valence-electron chi connectivity index (χ1n) is 10.6. The van der Waals surface area contributed by atoms with Crippen molar-refractivity contribution >= 4 is 5.82 Å². The normalized spacial score (nSPS) is 12.9. The fraction of sp³-hybridized carbons (Fsp3) is 0.292. The van der Waals surface area contributed by atoms with Gasteiger partial charge in [0, 0.05) is 24.4 Å². The number of aromatic nitrogens is 6. The van der Waals surface area contributed by atoms with E-state index in [9.17, 15) is 0 Å². The minimum atomic E-state index is 0.327. The molecule has 164 valence electrons. The summed E-state index contributed by atoms with van der Waals surface area (Å²) >= 11 is 0. The Balaban J connectivity index is 1.48. The SMILES string of the molecule is COc1ccccc1C(C)C(C)CNc1cc(-c2ccnc(-n3ncnc3C)c2)ncn1. The van der Waals surface area contributed by atoms with Crippen molar-refractivity contribution in [1.82, 2.24) is 29.7 Å². The summed E-state index contributed by atoms with van der Waals surface area (Å²) in [6, 6.07) is 14.0. The Morgan fingerprint density at radius 1 is 1.00 bits per heavy atom. The van der Waals surface area contributed by atoms with Crippen LogP contribution in [0.1, 0.15) is 31.2 Å². The third-order valence-corrected chi connectivity index (χ3v) is 5.73. The molecule has 0 bridgehead atoms. The number of nitrogens with one attached hydrogen (secondary N) is 1. The van der Waals surface area contributed by atoms with E-state index < -0.39 is 0 Å². The predicted octanol–water partition coefficient (Wildman–Crippen LogP) is 4.29. The maximum Gasteiger partial charge on any atom is 0.156 e. The van der Waals surface area contributed by atoms with E-state index in [1.165, 1.54) is 11.9 Å². The first kappa shape index (κ1) is 21.4. The van der Waals surface area contributed by atoms with Crippen molar-refractivity contribution in [2.24, 2.45) is 5.92 Å². The van der Waals surface area contributed by atoms with Crippen LogP contribution in [0.4, 0.5) is 5.82 Å². The number of aryl methyl sites for hydroxylation is 1. The minimum absolute atomic E-state index is 0.327. The molecule has 0 saturated carbocycles. The van der Waals surface area contributed by atoms with Crippen molar-refractivity contribution < 1.29 is 4.74 Å². The second kappa shape index (κ2) is 9.55. The lowest BCUT2D eigenvalue weighted by atomic mass is 9.88. The molecule has 8 heteroatoms. The van der Waals surface area contributed by atoms with Crippen LogP contribution in [0.25, 0.3) is 17.1 Å². The van der Waals surface area contributed by atoms with Gasteiger partial charge in [0.15, 0.2) is 5.82 Å². The van der Waals surface area contributed by atoms with Crippen LogP contribution < -0.4 is 10.1 Å². The van der Waals surface area contributed by atoms with Crippen LogP contribution in [0, 0.1) is 12.8 Å². The van der Waals surface area contributed by atoms with Gasteiger partial charge >= 0.3 is 0 Å². The van der Waals surface area contributed by atoms with Crippen molar-refractivity contribution in [3.8, 4) is 22.8 Å². The summed E-state index contributed by atoms with van der Waals surface area (Å²) in [7, 11) is 1.71. The predicted molar refractivity (Wildman–Crippen MR) is 124 cm³/mol. The van der Waals surface area contributed by atoms with Crippen LogP contribution in [-0.4, -0.2) is 43.4 Å². The lowest BCUT2D eigenvalue weighted by Crippen LogP contribution is -2.18. The lowest BCUT2D eigenvalue weighted by Gasteiger charge is -2.23. The van der Waals surface area contributed by atoms with Gasteiger partial charge in [-0.2, -0.15) is 9.78 Å². The summed E-state index contributed by atoms with van der Waals surface area (Å²) < 4.78 is 7.23. The number of rotatable bonds is 8. The summed E-state index contributed by atoms with van der Waals surface area (Å²) in [6.45, 7) is 7.11. The number of methoxy groups -OCH3 is 1. The third-order valence-electron chi connectivity index (χ3n) is 5.73.